The van der Waals surface area contributed by atoms with Gasteiger partial charge in [0.1, 0.15) is 17.5 Å². The first kappa shape index (κ1) is 13.7. The molecule has 1 aromatic heterocycles. The number of aromatic nitrogens is 2. The number of hydrogen-bond donors (Lipinski definition) is 1. The molecule has 0 amide bonds. The SMILES string of the molecule is CCc1nc(N)cc(Oc2cc(F)ccc2[N+](=O)[O-])n1. The Kier molecular flexibility index (Phi) is 3.74. The first-order valence-corrected chi connectivity index (χ1v) is 5.75. The predicted octanol–water partition coefficient (Wildman–Crippen LogP) is 2.46. The highest BCUT2D eigenvalue weighted by Gasteiger charge is 2.17. The third-order valence-corrected chi connectivity index (χ3v) is 2.42. The van der Waals surface area contributed by atoms with Crippen LogP contribution < -0.4 is 10.5 Å². The average Bonchev–Trinajstić information content (AvgIpc) is 2.37. The molecule has 2 aromatic rings. The van der Waals surface area contributed by atoms with Gasteiger partial charge in [0.05, 0.1) is 4.92 Å². The van der Waals surface area contributed by atoms with Crippen molar-refractivity contribution in [1.82, 2.24) is 9.97 Å². The fourth-order valence-corrected chi connectivity index (χ4v) is 1.54. The summed E-state index contributed by atoms with van der Waals surface area (Å²) < 4.78 is 18.4. The van der Waals surface area contributed by atoms with E-state index in [0.717, 1.165) is 18.2 Å². The van der Waals surface area contributed by atoms with Gasteiger partial charge in [-0.05, 0) is 6.07 Å². The third kappa shape index (κ3) is 2.97. The van der Waals surface area contributed by atoms with E-state index < -0.39 is 10.7 Å². The zero-order valence-corrected chi connectivity index (χ0v) is 10.5. The Hall–Kier alpha value is -2.77. The van der Waals surface area contributed by atoms with E-state index >= 15 is 0 Å². The van der Waals surface area contributed by atoms with Crippen LogP contribution in [-0.2, 0) is 6.42 Å². The molecule has 0 atom stereocenters. The Bertz CT molecular complexity index is 663. The lowest BCUT2D eigenvalue weighted by atomic mass is 10.3. The zero-order valence-electron chi connectivity index (χ0n) is 10.5. The highest BCUT2D eigenvalue weighted by atomic mass is 19.1. The summed E-state index contributed by atoms with van der Waals surface area (Å²) in [5.41, 5.74) is 5.22. The molecule has 8 heteroatoms. The Morgan fingerprint density at radius 2 is 2.15 bits per heavy atom. The molecule has 0 bridgehead atoms. The largest absolute Gasteiger partial charge is 0.431 e. The molecule has 7 nitrogen and oxygen atoms in total. The molecule has 0 saturated heterocycles. The summed E-state index contributed by atoms with van der Waals surface area (Å²) in [6, 6.07) is 4.24. The maximum absolute atomic E-state index is 13.2. The maximum Gasteiger partial charge on any atom is 0.311 e. The predicted molar refractivity (Wildman–Crippen MR) is 69.0 cm³/mol. The summed E-state index contributed by atoms with van der Waals surface area (Å²) in [6.45, 7) is 1.82. The average molecular weight is 278 g/mol. The Morgan fingerprint density at radius 3 is 2.80 bits per heavy atom. The topological polar surface area (TPSA) is 104 Å². The highest BCUT2D eigenvalue weighted by molar-refractivity contribution is 5.48. The number of halogens is 1. The van der Waals surface area contributed by atoms with Gasteiger partial charge in [-0.15, -0.1) is 0 Å². The summed E-state index contributed by atoms with van der Waals surface area (Å²) in [7, 11) is 0. The van der Waals surface area contributed by atoms with Crippen LogP contribution in [0.15, 0.2) is 24.3 Å². The highest BCUT2D eigenvalue weighted by Crippen LogP contribution is 2.31. The number of ether oxygens (including phenoxy) is 1. The normalized spacial score (nSPS) is 10.3. The molecule has 2 N–H and O–H groups in total. The Labute approximate surface area is 113 Å². The van der Waals surface area contributed by atoms with Gasteiger partial charge in [-0.1, -0.05) is 6.92 Å². The van der Waals surface area contributed by atoms with E-state index in [-0.39, 0.29) is 23.1 Å². The number of nitro benzene ring substituents is 1. The van der Waals surface area contributed by atoms with Gasteiger partial charge in [0, 0.05) is 24.6 Å². The van der Waals surface area contributed by atoms with Crippen LogP contribution in [0.25, 0.3) is 0 Å². The molecule has 1 aromatic carbocycles. The Morgan fingerprint density at radius 1 is 1.40 bits per heavy atom. The molecule has 0 saturated carbocycles. The summed E-state index contributed by atoms with van der Waals surface area (Å²) in [5.74, 6) is -0.258. The first-order valence-electron chi connectivity index (χ1n) is 5.75. The van der Waals surface area contributed by atoms with E-state index in [2.05, 4.69) is 9.97 Å². The summed E-state index contributed by atoms with van der Waals surface area (Å²) in [5, 5.41) is 10.9. The van der Waals surface area contributed by atoms with Crippen molar-refractivity contribution in [3.8, 4) is 11.6 Å². The molecule has 0 unspecified atom stereocenters. The van der Waals surface area contributed by atoms with Crippen LogP contribution >= 0.6 is 0 Å². The van der Waals surface area contributed by atoms with E-state index in [1.54, 1.807) is 0 Å². The number of nitro groups is 1. The lowest BCUT2D eigenvalue weighted by molar-refractivity contribution is -0.385. The molecule has 0 radical (unpaired) electrons. The fraction of sp³-hybridized carbons (Fsp3) is 0.167. The smallest absolute Gasteiger partial charge is 0.311 e. The van der Waals surface area contributed by atoms with Crippen LogP contribution in [0, 0.1) is 15.9 Å². The van der Waals surface area contributed by atoms with Gasteiger partial charge in [-0.3, -0.25) is 10.1 Å². The molecule has 0 aliphatic heterocycles. The monoisotopic (exact) mass is 278 g/mol. The van der Waals surface area contributed by atoms with Crippen molar-refractivity contribution < 1.29 is 14.1 Å². The molecule has 0 fully saturated rings. The number of rotatable bonds is 4. The molecule has 104 valence electrons. The van der Waals surface area contributed by atoms with Crippen LogP contribution in [0.2, 0.25) is 0 Å². The number of nitrogens with zero attached hydrogens (tertiary/aromatic N) is 3. The van der Waals surface area contributed by atoms with E-state index in [9.17, 15) is 14.5 Å². The summed E-state index contributed by atoms with van der Waals surface area (Å²) in [6.07, 6.45) is 0.520. The van der Waals surface area contributed by atoms with E-state index in [1.807, 2.05) is 6.92 Å². The van der Waals surface area contributed by atoms with Gasteiger partial charge in [0.2, 0.25) is 11.6 Å². The summed E-state index contributed by atoms with van der Waals surface area (Å²) in [4.78, 5) is 18.2. The number of anilines is 1. The summed E-state index contributed by atoms with van der Waals surface area (Å²) >= 11 is 0. The van der Waals surface area contributed by atoms with Crippen molar-refractivity contribution in [3.05, 3.63) is 46.0 Å². The number of aryl methyl sites for hydroxylation is 1. The molecular formula is C12H11FN4O3. The molecular weight excluding hydrogens is 267 g/mol. The lowest BCUT2D eigenvalue weighted by Gasteiger charge is -2.07. The number of hydrogen-bond acceptors (Lipinski definition) is 6. The molecule has 0 aliphatic carbocycles. The van der Waals surface area contributed by atoms with Crippen molar-refractivity contribution in [1.29, 1.82) is 0 Å². The van der Waals surface area contributed by atoms with Crippen molar-refractivity contribution in [2.24, 2.45) is 0 Å². The van der Waals surface area contributed by atoms with E-state index in [4.69, 9.17) is 10.5 Å². The third-order valence-electron chi connectivity index (χ3n) is 2.42. The van der Waals surface area contributed by atoms with Gasteiger partial charge < -0.3 is 10.5 Å². The second kappa shape index (κ2) is 5.47. The number of nitrogen functional groups attached to an aromatic ring is 1. The number of benzene rings is 1. The molecule has 0 spiro atoms. The van der Waals surface area contributed by atoms with Crippen LogP contribution in [0.3, 0.4) is 0 Å². The van der Waals surface area contributed by atoms with E-state index in [0.29, 0.717) is 12.2 Å². The second-order valence-corrected chi connectivity index (χ2v) is 3.87. The van der Waals surface area contributed by atoms with Crippen LogP contribution in [0.5, 0.6) is 11.6 Å². The quantitative estimate of drug-likeness (QED) is 0.680. The van der Waals surface area contributed by atoms with Gasteiger partial charge in [0.25, 0.3) is 0 Å². The van der Waals surface area contributed by atoms with Crippen LogP contribution in [0.4, 0.5) is 15.9 Å². The minimum Gasteiger partial charge on any atom is -0.431 e. The van der Waals surface area contributed by atoms with E-state index in [1.165, 1.54) is 6.07 Å². The van der Waals surface area contributed by atoms with Crippen LogP contribution in [0.1, 0.15) is 12.7 Å². The van der Waals surface area contributed by atoms with Crippen molar-refractivity contribution in [2.75, 3.05) is 5.73 Å². The number of nitrogens with two attached hydrogens (primary N) is 1. The zero-order chi connectivity index (χ0) is 14.7. The van der Waals surface area contributed by atoms with Crippen molar-refractivity contribution >= 4 is 11.5 Å². The van der Waals surface area contributed by atoms with Crippen molar-refractivity contribution in [3.63, 3.8) is 0 Å². The molecule has 0 aliphatic rings. The first-order chi connectivity index (χ1) is 9.49. The Balaban J connectivity index is 2.41. The second-order valence-electron chi connectivity index (χ2n) is 3.87. The maximum atomic E-state index is 13.2. The van der Waals surface area contributed by atoms with Gasteiger partial charge in [-0.25, -0.2) is 9.37 Å². The lowest BCUT2D eigenvalue weighted by Crippen LogP contribution is -2.01. The standard InChI is InChI=1S/C12H11FN4O3/c1-2-11-15-10(14)6-12(16-11)20-9-5-7(13)3-4-8(9)17(18)19/h3-6H,2H2,1H3,(H2,14,15,16). The van der Waals surface area contributed by atoms with Gasteiger partial charge >= 0.3 is 5.69 Å². The minimum absolute atomic E-state index is 0.0306. The molecule has 2 rings (SSSR count). The fourth-order valence-electron chi connectivity index (χ4n) is 1.54. The van der Waals surface area contributed by atoms with Gasteiger partial charge in [-0.2, -0.15) is 4.98 Å². The van der Waals surface area contributed by atoms with Gasteiger partial charge in [0.15, 0.2) is 0 Å². The van der Waals surface area contributed by atoms with Crippen molar-refractivity contribution in [2.45, 2.75) is 13.3 Å². The molecule has 1 heterocycles. The van der Waals surface area contributed by atoms with Crippen LogP contribution in [-0.4, -0.2) is 14.9 Å². The minimum atomic E-state index is -0.667. The molecule has 20 heavy (non-hydrogen) atoms.